The van der Waals surface area contributed by atoms with Crippen molar-refractivity contribution in [2.24, 2.45) is 0 Å². The fourth-order valence-electron chi connectivity index (χ4n) is 4.96. The number of benzene rings is 1. The molecule has 0 bridgehead atoms. The maximum absolute atomic E-state index is 13.7. The van der Waals surface area contributed by atoms with Gasteiger partial charge in [0.05, 0.1) is 18.3 Å². The Labute approximate surface area is 246 Å². The largest absolute Gasteiger partial charge is 0.444 e. The number of nitrogens with zero attached hydrogens (tertiary/aromatic N) is 2. The highest BCUT2D eigenvalue weighted by Crippen LogP contribution is 2.38. The van der Waals surface area contributed by atoms with E-state index in [4.69, 9.17) is 9.57 Å². The van der Waals surface area contributed by atoms with Crippen LogP contribution in [-0.2, 0) is 30.6 Å². The number of pyridine rings is 1. The lowest BCUT2D eigenvalue weighted by atomic mass is 9.97. The Bertz CT molecular complexity index is 1350. The molecule has 5 rings (SSSR count). The summed E-state index contributed by atoms with van der Waals surface area (Å²) in [5, 5.41) is 5.43. The normalized spacial score (nSPS) is 22.0. The van der Waals surface area contributed by atoms with Crippen LogP contribution in [0.4, 0.5) is 4.79 Å². The fourth-order valence-corrected chi connectivity index (χ4v) is 5.36. The Kier molecular flexibility index (Phi) is 8.69. The first-order valence-corrected chi connectivity index (χ1v) is 14.5. The third-order valence-electron chi connectivity index (χ3n) is 7.23. The number of ketones is 1. The average molecular weight is 627 g/mol. The van der Waals surface area contributed by atoms with Gasteiger partial charge in [-0.3, -0.25) is 34.6 Å². The number of aromatic nitrogens is 1. The zero-order chi connectivity index (χ0) is 29.0. The quantitative estimate of drug-likeness (QED) is 0.343. The highest BCUT2D eigenvalue weighted by Gasteiger charge is 2.52. The van der Waals surface area contributed by atoms with E-state index in [-0.39, 0.29) is 32.0 Å². The molecule has 11 nitrogen and oxygen atoms in total. The fraction of sp³-hybridized carbons (Fsp3) is 0.414. The second-order valence-electron chi connectivity index (χ2n) is 10.6. The maximum Gasteiger partial charge on any atom is 0.410 e. The monoisotopic (exact) mass is 625 g/mol. The van der Waals surface area contributed by atoms with Crippen LogP contribution in [0.15, 0.2) is 59.3 Å². The second-order valence-corrected chi connectivity index (χ2v) is 11.5. The van der Waals surface area contributed by atoms with Gasteiger partial charge >= 0.3 is 6.09 Å². The van der Waals surface area contributed by atoms with Crippen LogP contribution in [-0.4, -0.2) is 63.8 Å². The van der Waals surface area contributed by atoms with Crippen molar-refractivity contribution < 1.29 is 28.8 Å². The number of ether oxygens (including phenoxy) is 1. The van der Waals surface area contributed by atoms with E-state index in [0.29, 0.717) is 17.7 Å². The summed E-state index contributed by atoms with van der Waals surface area (Å²) in [7, 11) is 0. The number of nitrogens with one attached hydrogen (secondary N) is 3. The first kappa shape index (κ1) is 28.7. The van der Waals surface area contributed by atoms with Crippen molar-refractivity contribution in [2.75, 3.05) is 6.54 Å². The van der Waals surface area contributed by atoms with Gasteiger partial charge in [0, 0.05) is 40.5 Å². The number of carbonyl (C=O) groups excluding carboxylic acids is 4. The van der Waals surface area contributed by atoms with Gasteiger partial charge in [-0.2, -0.15) is 0 Å². The Balaban J connectivity index is 1.35. The molecule has 41 heavy (non-hydrogen) atoms. The number of carbonyl (C=O) groups is 4. The highest BCUT2D eigenvalue weighted by atomic mass is 79.9. The number of likely N-dealkylation sites (tertiary alicyclic amines) is 1. The molecule has 3 amide bonds. The molecule has 1 aromatic heterocycles. The Morgan fingerprint density at radius 3 is 2.78 bits per heavy atom. The van der Waals surface area contributed by atoms with Crippen LogP contribution in [0.1, 0.15) is 50.2 Å². The van der Waals surface area contributed by atoms with E-state index in [1.165, 1.54) is 4.90 Å². The molecule has 3 atom stereocenters. The van der Waals surface area contributed by atoms with Crippen LogP contribution < -0.4 is 16.1 Å². The summed E-state index contributed by atoms with van der Waals surface area (Å²) >= 11 is 3.47. The molecule has 1 aliphatic carbocycles. The van der Waals surface area contributed by atoms with Crippen molar-refractivity contribution in [3.05, 3.63) is 70.5 Å². The Morgan fingerprint density at radius 1 is 1.24 bits per heavy atom. The lowest BCUT2D eigenvalue weighted by Gasteiger charge is -2.25. The number of hydrogen-bond donors (Lipinski definition) is 3. The highest BCUT2D eigenvalue weighted by molar-refractivity contribution is 9.10. The minimum absolute atomic E-state index is 0.0161. The van der Waals surface area contributed by atoms with E-state index in [1.807, 2.05) is 37.3 Å². The van der Waals surface area contributed by atoms with Gasteiger partial charge in [-0.25, -0.2) is 4.79 Å². The minimum Gasteiger partial charge on any atom is -0.444 e. The summed E-state index contributed by atoms with van der Waals surface area (Å²) < 4.78 is 6.43. The van der Waals surface area contributed by atoms with Gasteiger partial charge in [-0.1, -0.05) is 47.5 Å². The summed E-state index contributed by atoms with van der Waals surface area (Å²) in [6.07, 6.45) is 7.03. The molecule has 216 valence electrons. The molecular weight excluding hydrogens is 594 g/mol. The molecule has 2 aliphatic heterocycles. The maximum atomic E-state index is 13.7. The Morgan fingerprint density at radius 2 is 2.07 bits per heavy atom. The predicted molar refractivity (Wildman–Crippen MR) is 152 cm³/mol. The first-order chi connectivity index (χ1) is 19.8. The van der Waals surface area contributed by atoms with Crippen molar-refractivity contribution in [1.82, 2.24) is 26.0 Å². The molecule has 0 radical (unpaired) electrons. The summed E-state index contributed by atoms with van der Waals surface area (Å²) in [6.45, 7) is 1.88. The first-order valence-electron chi connectivity index (χ1n) is 13.7. The molecule has 0 unspecified atom stereocenters. The minimum atomic E-state index is -1.01. The smallest absolute Gasteiger partial charge is 0.410 e. The van der Waals surface area contributed by atoms with Crippen molar-refractivity contribution in [2.45, 2.75) is 69.4 Å². The average Bonchev–Trinajstić information content (AvgIpc) is 3.56. The number of rotatable bonds is 10. The molecule has 3 N–H and O–H groups in total. The molecule has 1 aromatic carbocycles. The van der Waals surface area contributed by atoms with Crippen molar-refractivity contribution >= 4 is 45.3 Å². The number of Topliss-reactive ketones (excluding diaryl/α,β-unsaturated/α-hetero) is 1. The van der Waals surface area contributed by atoms with Gasteiger partial charge in [0.2, 0.25) is 11.7 Å². The summed E-state index contributed by atoms with van der Waals surface area (Å²) in [5.74, 6) is -1.95. The van der Waals surface area contributed by atoms with Crippen LogP contribution >= 0.6 is 15.9 Å². The standard InChI is InChI=1S/C29H32BrN5O6/c1-2-5-22(25(36)27(38)32-21-9-10-21)33-26(37)24-14-29(13-23(34-41-29)19-7-3-8-20(30)12-19)17-35(24)28(39)40-16-18-6-4-11-31-15-18/h3-4,6-8,11-13,15,21-22,24,34H,2,5,9-10,14,16-17H2,1H3,(H,32,38)(H,33,37)/t22-,24-,29+/m0/s1. The van der Waals surface area contributed by atoms with Gasteiger partial charge in [-0.15, -0.1) is 0 Å². The Hall–Kier alpha value is -3.77. The van der Waals surface area contributed by atoms with E-state index in [9.17, 15) is 19.2 Å². The molecule has 12 heteroatoms. The van der Waals surface area contributed by atoms with E-state index in [0.717, 1.165) is 22.9 Å². The molecule has 3 aliphatic rings. The van der Waals surface area contributed by atoms with Gasteiger partial charge in [0.15, 0.2) is 0 Å². The van der Waals surface area contributed by atoms with Crippen LogP contribution in [0.3, 0.4) is 0 Å². The lowest BCUT2D eigenvalue weighted by Crippen LogP contribution is -2.53. The van der Waals surface area contributed by atoms with E-state index in [2.05, 4.69) is 37.0 Å². The number of amides is 3. The third-order valence-corrected chi connectivity index (χ3v) is 7.72. The zero-order valence-corrected chi connectivity index (χ0v) is 24.2. The molecule has 2 aromatic rings. The van der Waals surface area contributed by atoms with Gasteiger partial charge in [0.25, 0.3) is 5.91 Å². The molecule has 1 spiro atoms. The van der Waals surface area contributed by atoms with Crippen LogP contribution in [0, 0.1) is 0 Å². The van der Waals surface area contributed by atoms with E-state index in [1.54, 1.807) is 24.5 Å². The predicted octanol–water partition coefficient (Wildman–Crippen LogP) is 3.00. The van der Waals surface area contributed by atoms with Crippen molar-refractivity contribution in [3.63, 3.8) is 0 Å². The SMILES string of the molecule is CCC[C@H](NC(=O)[C@@H]1C[C@]2(C=C(c3cccc(Br)c3)NO2)CN1C(=O)OCc1cccnc1)C(=O)C(=O)NC1CC1. The van der Waals surface area contributed by atoms with E-state index >= 15 is 0 Å². The third kappa shape index (κ3) is 6.94. The van der Waals surface area contributed by atoms with E-state index < -0.39 is 41.4 Å². The van der Waals surface area contributed by atoms with Crippen LogP contribution in [0.25, 0.3) is 5.70 Å². The number of hydrogen-bond acceptors (Lipinski definition) is 8. The number of halogens is 1. The lowest BCUT2D eigenvalue weighted by molar-refractivity contribution is -0.140. The number of hydroxylamine groups is 1. The van der Waals surface area contributed by atoms with Crippen LogP contribution in [0.5, 0.6) is 0 Å². The van der Waals surface area contributed by atoms with Crippen LogP contribution in [0.2, 0.25) is 0 Å². The molecule has 2 fully saturated rings. The van der Waals surface area contributed by atoms with Gasteiger partial charge in [0.1, 0.15) is 18.2 Å². The van der Waals surface area contributed by atoms with Gasteiger partial charge < -0.3 is 15.4 Å². The summed E-state index contributed by atoms with van der Waals surface area (Å²) in [4.78, 5) is 63.7. The molecule has 1 saturated carbocycles. The van der Waals surface area contributed by atoms with Crippen molar-refractivity contribution in [3.8, 4) is 0 Å². The van der Waals surface area contributed by atoms with Gasteiger partial charge in [-0.05, 0) is 43.5 Å². The second kappa shape index (κ2) is 12.4. The zero-order valence-electron chi connectivity index (χ0n) is 22.6. The topological polar surface area (TPSA) is 139 Å². The molecule has 3 heterocycles. The summed E-state index contributed by atoms with van der Waals surface area (Å²) in [6, 6.07) is 9.16. The van der Waals surface area contributed by atoms with Crippen molar-refractivity contribution in [1.29, 1.82) is 0 Å². The molecular formula is C29H32BrN5O6. The summed E-state index contributed by atoms with van der Waals surface area (Å²) in [5.41, 5.74) is 4.19. The molecule has 1 saturated heterocycles.